The van der Waals surface area contributed by atoms with Crippen LogP contribution in [0, 0.1) is 13.8 Å². The summed E-state index contributed by atoms with van der Waals surface area (Å²) in [7, 11) is 0. The SMILES string of the molecule is Cc1cc2nc(-c3cccs3)n(CCOCCN)c2cc1C. The van der Waals surface area contributed by atoms with Crippen LogP contribution < -0.4 is 5.73 Å². The van der Waals surface area contributed by atoms with Crippen molar-refractivity contribution in [3.05, 3.63) is 40.8 Å². The summed E-state index contributed by atoms with van der Waals surface area (Å²) in [5, 5.41) is 2.08. The second-order valence-corrected chi connectivity index (χ2v) is 6.34. The summed E-state index contributed by atoms with van der Waals surface area (Å²) in [5.74, 6) is 1.02. The van der Waals surface area contributed by atoms with Crippen molar-refractivity contribution < 1.29 is 4.74 Å². The lowest BCUT2D eigenvalue weighted by Crippen LogP contribution is -2.13. The Morgan fingerprint density at radius 2 is 2.05 bits per heavy atom. The van der Waals surface area contributed by atoms with Crippen molar-refractivity contribution in [1.29, 1.82) is 0 Å². The highest BCUT2D eigenvalue weighted by molar-refractivity contribution is 7.13. The number of nitrogens with two attached hydrogens (primary N) is 1. The van der Waals surface area contributed by atoms with E-state index in [2.05, 4.69) is 48.1 Å². The van der Waals surface area contributed by atoms with Crippen LogP contribution in [0.15, 0.2) is 29.6 Å². The van der Waals surface area contributed by atoms with E-state index in [4.69, 9.17) is 15.5 Å². The van der Waals surface area contributed by atoms with Gasteiger partial charge in [-0.25, -0.2) is 4.98 Å². The standard InChI is InChI=1S/C17H21N3OS/c1-12-10-14-15(11-13(12)2)20(6-8-21-7-5-18)17(19-14)16-4-3-9-22-16/h3-4,9-11H,5-8,18H2,1-2H3. The highest BCUT2D eigenvalue weighted by Gasteiger charge is 2.14. The second-order valence-electron chi connectivity index (χ2n) is 5.39. The summed E-state index contributed by atoms with van der Waals surface area (Å²) >= 11 is 1.71. The molecule has 0 saturated carbocycles. The predicted octanol–water partition coefficient (Wildman–Crippen LogP) is 3.36. The molecule has 0 radical (unpaired) electrons. The summed E-state index contributed by atoms with van der Waals surface area (Å²) in [6.45, 7) is 6.85. The summed E-state index contributed by atoms with van der Waals surface area (Å²) in [6, 6.07) is 8.56. The largest absolute Gasteiger partial charge is 0.378 e. The Kier molecular flexibility index (Phi) is 4.57. The summed E-state index contributed by atoms with van der Waals surface area (Å²) < 4.78 is 7.82. The minimum Gasteiger partial charge on any atom is -0.378 e. The quantitative estimate of drug-likeness (QED) is 0.710. The number of rotatable bonds is 6. The number of hydrogen-bond acceptors (Lipinski definition) is 4. The number of thiophene rings is 1. The van der Waals surface area contributed by atoms with Crippen LogP contribution >= 0.6 is 11.3 Å². The smallest absolute Gasteiger partial charge is 0.151 e. The molecule has 0 amide bonds. The topological polar surface area (TPSA) is 53.1 Å². The van der Waals surface area contributed by atoms with Crippen LogP contribution in [0.4, 0.5) is 0 Å². The van der Waals surface area contributed by atoms with Crippen LogP contribution in [0.3, 0.4) is 0 Å². The van der Waals surface area contributed by atoms with Crippen molar-refractivity contribution in [2.45, 2.75) is 20.4 Å². The van der Waals surface area contributed by atoms with Crippen LogP contribution in [-0.4, -0.2) is 29.3 Å². The van der Waals surface area contributed by atoms with E-state index in [-0.39, 0.29) is 0 Å². The van der Waals surface area contributed by atoms with Crippen molar-refractivity contribution >= 4 is 22.4 Å². The first-order chi connectivity index (χ1) is 10.7. The first kappa shape index (κ1) is 15.2. The molecule has 116 valence electrons. The average Bonchev–Trinajstić information content (AvgIpc) is 3.13. The van der Waals surface area contributed by atoms with Gasteiger partial charge < -0.3 is 15.0 Å². The molecule has 0 saturated heterocycles. The maximum Gasteiger partial charge on any atom is 0.151 e. The fraction of sp³-hybridized carbons (Fsp3) is 0.353. The maximum atomic E-state index is 5.56. The Morgan fingerprint density at radius 3 is 2.77 bits per heavy atom. The molecule has 0 fully saturated rings. The molecule has 1 aromatic carbocycles. The number of hydrogen-bond donors (Lipinski definition) is 1. The fourth-order valence-electron chi connectivity index (χ4n) is 2.54. The van der Waals surface area contributed by atoms with E-state index in [1.165, 1.54) is 21.5 Å². The number of ether oxygens (including phenoxy) is 1. The molecule has 3 aromatic rings. The van der Waals surface area contributed by atoms with Gasteiger partial charge in [0, 0.05) is 13.1 Å². The van der Waals surface area contributed by atoms with E-state index in [0.29, 0.717) is 19.8 Å². The molecule has 4 nitrogen and oxygen atoms in total. The number of imidazole rings is 1. The van der Waals surface area contributed by atoms with E-state index in [1.807, 2.05) is 0 Å². The number of fused-ring (bicyclic) bond motifs is 1. The molecule has 0 spiro atoms. The van der Waals surface area contributed by atoms with Crippen LogP contribution in [0.2, 0.25) is 0 Å². The fourth-order valence-corrected chi connectivity index (χ4v) is 3.26. The molecular weight excluding hydrogens is 294 g/mol. The van der Waals surface area contributed by atoms with Crippen LogP contribution in [0.5, 0.6) is 0 Å². The summed E-state index contributed by atoms with van der Waals surface area (Å²) in [4.78, 5) is 6.03. The van der Waals surface area contributed by atoms with Crippen LogP contribution in [-0.2, 0) is 11.3 Å². The molecular formula is C17H21N3OS. The number of nitrogens with zero attached hydrogens (tertiary/aromatic N) is 2. The molecule has 0 unspecified atom stereocenters. The highest BCUT2D eigenvalue weighted by Crippen LogP contribution is 2.29. The first-order valence-corrected chi connectivity index (χ1v) is 8.38. The monoisotopic (exact) mass is 315 g/mol. The van der Waals surface area contributed by atoms with Gasteiger partial charge in [0.05, 0.1) is 29.1 Å². The van der Waals surface area contributed by atoms with Gasteiger partial charge in [0.15, 0.2) is 5.82 Å². The van der Waals surface area contributed by atoms with Gasteiger partial charge in [-0.15, -0.1) is 11.3 Å². The summed E-state index contributed by atoms with van der Waals surface area (Å²) in [5.41, 5.74) is 10.3. The van der Waals surface area contributed by atoms with Gasteiger partial charge in [0.1, 0.15) is 0 Å². The van der Waals surface area contributed by atoms with E-state index >= 15 is 0 Å². The lowest BCUT2D eigenvalue weighted by atomic mass is 10.1. The van der Waals surface area contributed by atoms with Crippen molar-refractivity contribution in [3.8, 4) is 10.7 Å². The molecule has 0 aliphatic heterocycles. The van der Waals surface area contributed by atoms with Gasteiger partial charge in [-0.05, 0) is 48.6 Å². The van der Waals surface area contributed by atoms with E-state index in [9.17, 15) is 0 Å². The average molecular weight is 315 g/mol. The molecule has 22 heavy (non-hydrogen) atoms. The van der Waals surface area contributed by atoms with Crippen molar-refractivity contribution in [2.24, 2.45) is 5.73 Å². The van der Waals surface area contributed by atoms with Gasteiger partial charge in [-0.3, -0.25) is 0 Å². The molecule has 0 aliphatic rings. The van der Waals surface area contributed by atoms with Gasteiger partial charge in [0.25, 0.3) is 0 Å². The number of aryl methyl sites for hydroxylation is 2. The molecule has 2 N–H and O–H groups in total. The van der Waals surface area contributed by atoms with Gasteiger partial charge in [-0.1, -0.05) is 6.07 Å². The van der Waals surface area contributed by atoms with Crippen LogP contribution in [0.25, 0.3) is 21.7 Å². The zero-order valence-corrected chi connectivity index (χ0v) is 13.8. The predicted molar refractivity (Wildman–Crippen MR) is 92.4 cm³/mol. The lowest BCUT2D eigenvalue weighted by Gasteiger charge is -2.09. The van der Waals surface area contributed by atoms with Gasteiger partial charge >= 0.3 is 0 Å². The summed E-state index contributed by atoms with van der Waals surface area (Å²) in [6.07, 6.45) is 0. The second kappa shape index (κ2) is 6.60. The Balaban J connectivity index is 2.04. The third kappa shape index (κ3) is 2.92. The van der Waals surface area contributed by atoms with Crippen LogP contribution in [0.1, 0.15) is 11.1 Å². The molecule has 2 aromatic heterocycles. The zero-order valence-electron chi connectivity index (χ0n) is 13.0. The maximum absolute atomic E-state index is 5.56. The lowest BCUT2D eigenvalue weighted by molar-refractivity contribution is 0.134. The minimum atomic E-state index is 0.556. The van der Waals surface area contributed by atoms with Gasteiger partial charge in [-0.2, -0.15) is 0 Å². The normalized spacial score (nSPS) is 11.4. The van der Waals surface area contributed by atoms with E-state index < -0.39 is 0 Å². The molecule has 2 heterocycles. The van der Waals surface area contributed by atoms with E-state index in [1.54, 1.807) is 11.3 Å². The zero-order chi connectivity index (χ0) is 15.5. The third-order valence-electron chi connectivity index (χ3n) is 3.83. The Labute approximate surface area is 134 Å². The van der Waals surface area contributed by atoms with Crippen molar-refractivity contribution in [1.82, 2.24) is 9.55 Å². The first-order valence-electron chi connectivity index (χ1n) is 7.50. The van der Waals surface area contributed by atoms with Crippen molar-refractivity contribution in [2.75, 3.05) is 19.8 Å². The Bertz CT molecular complexity index is 762. The van der Waals surface area contributed by atoms with Gasteiger partial charge in [0.2, 0.25) is 0 Å². The molecule has 5 heteroatoms. The van der Waals surface area contributed by atoms with E-state index in [0.717, 1.165) is 17.9 Å². The molecule has 0 aliphatic carbocycles. The molecule has 0 atom stereocenters. The third-order valence-corrected chi connectivity index (χ3v) is 4.69. The number of benzene rings is 1. The highest BCUT2D eigenvalue weighted by atomic mass is 32.1. The number of aromatic nitrogens is 2. The Morgan fingerprint density at radius 1 is 1.23 bits per heavy atom. The molecule has 0 bridgehead atoms. The Hall–Kier alpha value is -1.69. The molecule has 3 rings (SSSR count). The minimum absolute atomic E-state index is 0.556. The van der Waals surface area contributed by atoms with Crippen molar-refractivity contribution in [3.63, 3.8) is 0 Å².